The van der Waals surface area contributed by atoms with Crippen LogP contribution in [0.2, 0.25) is 0 Å². The fourth-order valence-corrected chi connectivity index (χ4v) is 2.36. The van der Waals surface area contributed by atoms with Crippen LogP contribution in [0.4, 0.5) is 16.2 Å². The highest BCUT2D eigenvalue weighted by molar-refractivity contribution is 5.90. The molecule has 0 saturated heterocycles. The van der Waals surface area contributed by atoms with Crippen molar-refractivity contribution >= 4 is 17.4 Å². The second-order valence-corrected chi connectivity index (χ2v) is 5.99. The molecule has 124 valence electrons. The molecule has 0 radical (unpaired) electrons. The summed E-state index contributed by atoms with van der Waals surface area (Å²) in [4.78, 5) is 16.0. The number of amides is 2. The topological polar surface area (TPSA) is 59.4 Å². The number of urea groups is 1. The molecular weight excluding hydrogens is 300 g/mol. The molecule has 5 nitrogen and oxygen atoms in total. The van der Waals surface area contributed by atoms with Gasteiger partial charge in [-0.2, -0.15) is 5.26 Å². The third-order valence-corrected chi connectivity index (χ3v) is 3.79. The van der Waals surface area contributed by atoms with Gasteiger partial charge in [-0.25, -0.2) is 4.79 Å². The predicted molar refractivity (Wildman–Crippen MR) is 97.1 cm³/mol. The van der Waals surface area contributed by atoms with Gasteiger partial charge in [0.2, 0.25) is 0 Å². The van der Waals surface area contributed by atoms with Crippen LogP contribution in [0.25, 0.3) is 0 Å². The van der Waals surface area contributed by atoms with E-state index in [0.717, 1.165) is 22.5 Å². The number of hydrogen-bond acceptors (Lipinski definition) is 3. The number of nitriles is 1. The normalized spacial score (nSPS) is 9.96. The summed E-state index contributed by atoms with van der Waals surface area (Å²) in [6, 6.07) is 15.1. The minimum Gasteiger partial charge on any atom is -0.378 e. The van der Waals surface area contributed by atoms with Gasteiger partial charge in [0.05, 0.1) is 11.6 Å². The smallest absolute Gasteiger partial charge is 0.321 e. The molecule has 24 heavy (non-hydrogen) atoms. The zero-order chi connectivity index (χ0) is 17.7. The van der Waals surface area contributed by atoms with E-state index in [2.05, 4.69) is 11.4 Å². The molecule has 0 aliphatic carbocycles. The molecule has 0 aromatic heterocycles. The molecule has 2 aromatic carbocycles. The van der Waals surface area contributed by atoms with Gasteiger partial charge in [0.15, 0.2) is 0 Å². The molecule has 2 rings (SSSR count). The number of carbonyl (C=O) groups excluding carboxylic acids is 1. The SMILES string of the molecule is Cc1cc(N(C)C)ccc1NC(=O)N(C)Cc1cccc(C#N)c1. The van der Waals surface area contributed by atoms with Crippen molar-refractivity contribution in [1.29, 1.82) is 5.26 Å². The summed E-state index contributed by atoms with van der Waals surface area (Å²) in [5, 5.41) is 11.9. The molecule has 0 fully saturated rings. The Morgan fingerprint density at radius 3 is 2.54 bits per heavy atom. The Morgan fingerprint density at radius 2 is 1.92 bits per heavy atom. The Morgan fingerprint density at radius 1 is 1.17 bits per heavy atom. The zero-order valence-corrected chi connectivity index (χ0v) is 14.5. The van der Waals surface area contributed by atoms with E-state index < -0.39 is 0 Å². The number of rotatable bonds is 4. The minimum atomic E-state index is -0.182. The van der Waals surface area contributed by atoms with Crippen molar-refractivity contribution in [2.24, 2.45) is 0 Å². The van der Waals surface area contributed by atoms with Gasteiger partial charge in [-0.3, -0.25) is 0 Å². The van der Waals surface area contributed by atoms with Crippen LogP contribution in [0, 0.1) is 18.3 Å². The van der Waals surface area contributed by atoms with Gasteiger partial charge in [0, 0.05) is 39.1 Å². The quantitative estimate of drug-likeness (QED) is 0.935. The van der Waals surface area contributed by atoms with E-state index in [1.54, 1.807) is 24.1 Å². The number of nitrogens with one attached hydrogen (secondary N) is 1. The lowest BCUT2D eigenvalue weighted by Crippen LogP contribution is -2.31. The van der Waals surface area contributed by atoms with Crippen molar-refractivity contribution in [1.82, 2.24) is 4.90 Å². The van der Waals surface area contributed by atoms with Crippen LogP contribution in [0.3, 0.4) is 0 Å². The Labute approximate surface area is 143 Å². The van der Waals surface area contributed by atoms with Gasteiger partial charge in [0.25, 0.3) is 0 Å². The molecular formula is C19H22N4O. The number of benzene rings is 2. The maximum atomic E-state index is 12.4. The number of aryl methyl sites for hydroxylation is 1. The predicted octanol–water partition coefficient (Wildman–Crippen LogP) is 3.60. The Kier molecular flexibility index (Phi) is 5.43. The monoisotopic (exact) mass is 322 g/mol. The summed E-state index contributed by atoms with van der Waals surface area (Å²) < 4.78 is 0. The number of nitrogens with zero attached hydrogens (tertiary/aromatic N) is 3. The summed E-state index contributed by atoms with van der Waals surface area (Å²) in [7, 11) is 5.70. The van der Waals surface area contributed by atoms with Crippen LogP contribution in [0.5, 0.6) is 0 Å². The van der Waals surface area contributed by atoms with E-state index in [-0.39, 0.29) is 6.03 Å². The molecule has 0 saturated carbocycles. The molecule has 2 amide bonds. The highest BCUT2D eigenvalue weighted by Gasteiger charge is 2.11. The van der Waals surface area contributed by atoms with Crippen molar-refractivity contribution in [2.75, 3.05) is 31.4 Å². The van der Waals surface area contributed by atoms with Crippen molar-refractivity contribution in [3.8, 4) is 6.07 Å². The first kappa shape index (κ1) is 17.4. The van der Waals surface area contributed by atoms with Crippen molar-refractivity contribution in [3.63, 3.8) is 0 Å². The third-order valence-electron chi connectivity index (χ3n) is 3.79. The van der Waals surface area contributed by atoms with Crippen molar-refractivity contribution in [2.45, 2.75) is 13.5 Å². The van der Waals surface area contributed by atoms with Crippen LogP contribution in [0.1, 0.15) is 16.7 Å². The summed E-state index contributed by atoms with van der Waals surface area (Å²) in [6.45, 7) is 2.41. The first-order chi connectivity index (χ1) is 11.4. The van der Waals surface area contributed by atoms with E-state index in [4.69, 9.17) is 5.26 Å². The highest BCUT2D eigenvalue weighted by atomic mass is 16.2. The summed E-state index contributed by atoms with van der Waals surface area (Å²) in [5.74, 6) is 0. The number of hydrogen-bond donors (Lipinski definition) is 1. The number of carbonyl (C=O) groups is 1. The highest BCUT2D eigenvalue weighted by Crippen LogP contribution is 2.21. The van der Waals surface area contributed by atoms with Gasteiger partial charge in [-0.05, 0) is 48.4 Å². The molecule has 0 heterocycles. The average Bonchev–Trinajstić information content (AvgIpc) is 2.56. The van der Waals surface area contributed by atoms with Crippen LogP contribution >= 0.6 is 0 Å². The third kappa shape index (κ3) is 4.26. The average molecular weight is 322 g/mol. The Balaban J connectivity index is 2.05. The van der Waals surface area contributed by atoms with Gasteiger partial charge in [0.1, 0.15) is 0 Å². The van der Waals surface area contributed by atoms with E-state index in [1.807, 2.05) is 56.3 Å². The van der Waals surface area contributed by atoms with Crippen LogP contribution in [0.15, 0.2) is 42.5 Å². The van der Waals surface area contributed by atoms with Gasteiger partial charge >= 0.3 is 6.03 Å². The van der Waals surface area contributed by atoms with E-state index in [9.17, 15) is 4.79 Å². The lowest BCUT2D eigenvalue weighted by atomic mass is 10.1. The Hall–Kier alpha value is -3.00. The molecule has 0 aliphatic heterocycles. The lowest BCUT2D eigenvalue weighted by Gasteiger charge is -2.20. The Bertz CT molecular complexity index is 777. The molecule has 0 unspecified atom stereocenters. The summed E-state index contributed by atoms with van der Waals surface area (Å²) in [5.41, 5.74) is 4.41. The largest absolute Gasteiger partial charge is 0.378 e. The second-order valence-electron chi connectivity index (χ2n) is 5.99. The zero-order valence-electron chi connectivity index (χ0n) is 14.5. The van der Waals surface area contributed by atoms with Gasteiger partial charge in [-0.1, -0.05) is 12.1 Å². The van der Waals surface area contributed by atoms with E-state index in [1.165, 1.54) is 0 Å². The molecule has 0 aliphatic rings. The first-order valence-corrected chi connectivity index (χ1v) is 7.70. The standard InChI is InChI=1S/C19H22N4O/c1-14-10-17(22(2)3)8-9-18(14)21-19(24)23(4)13-16-7-5-6-15(11-16)12-20/h5-11H,13H2,1-4H3,(H,21,24). The molecule has 2 aromatic rings. The summed E-state index contributed by atoms with van der Waals surface area (Å²) >= 11 is 0. The molecule has 0 spiro atoms. The van der Waals surface area contributed by atoms with E-state index in [0.29, 0.717) is 12.1 Å². The van der Waals surface area contributed by atoms with Gasteiger partial charge in [-0.15, -0.1) is 0 Å². The van der Waals surface area contributed by atoms with Crippen LogP contribution < -0.4 is 10.2 Å². The van der Waals surface area contributed by atoms with Crippen LogP contribution in [-0.2, 0) is 6.54 Å². The molecule has 1 N–H and O–H groups in total. The minimum absolute atomic E-state index is 0.182. The molecule has 0 atom stereocenters. The maximum Gasteiger partial charge on any atom is 0.321 e. The second kappa shape index (κ2) is 7.51. The fourth-order valence-electron chi connectivity index (χ4n) is 2.36. The molecule has 5 heteroatoms. The lowest BCUT2D eigenvalue weighted by molar-refractivity contribution is 0.220. The van der Waals surface area contributed by atoms with Crippen molar-refractivity contribution in [3.05, 3.63) is 59.2 Å². The molecule has 0 bridgehead atoms. The maximum absolute atomic E-state index is 12.4. The van der Waals surface area contributed by atoms with Gasteiger partial charge < -0.3 is 15.1 Å². The number of anilines is 2. The van der Waals surface area contributed by atoms with Crippen LogP contribution in [-0.4, -0.2) is 32.1 Å². The summed E-state index contributed by atoms with van der Waals surface area (Å²) in [6.07, 6.45) is 0. The fraction of sp³-hybridized carbons (Fsp3) is 0.263. The first-order valence-electron chi connectivity index (χ1n) is 7.70. The van der Waals surface area contributed by atoms with Crippen molar-refractivity contribution < 1.29 is 4.79 Å². The van der Waals surface area contributed by atoms with E-state index >= 15 is 0 Å².